The quantitative estimate of drug-likeness (QED) is 0.928. The molecule has 0 aromatic heterocycles. The average molecular weight is 319 g/mol. The van der Waals surface area contributed by atoms with Crippen LogP contribution < -0.4 is 4.74 Å². The number of benzene rings is 1. The van der Waals surface area contributed by atoms with Crippen molar-refractivity contribution in [1.82, 2.24) is 4.90 Å². The minimum absolute atomic E-state index is 0.0301. The predicted octanol–water partition coefficient (Wildman–Crippen LogP) is 2.98. The average Bonchev–Trinajstić information content (AvgIpc) is 2.53. The molecule has 1 fully saturated rings. The number of ether oxygens (including phenoxy) is 1. The molecule has 128 valence electrons. The maximum Gasteiger partial charge on any atom is 0.263 e. The molecule has 1 atom stereocenters. The summed E-state index contributed by atoms with van der Waals surface area (Å²) in [6, 6.07) is 7.97. The van der Waals surface area contributed by atoms with Crippen LogP contribution in [0.25, 0.3) is 0 Å². The summed E-state index contributed by atoms with van der Waals surface area (Å²) in [6.45, 7) is 9.92. The lowest BCUT2D eigenvalue weighted by Gasteiger charge is -2.32. The summed E-state index contributed by atoms with van der Waals surface area (Å²) in [5.41, 5.74) is 1.25. The second-order valence-corrected chi connectivity index (χ2v) is 7.49. The van der Waals surface area contributed by atoms with E-state index < -0.39 is 6.10 Å². The van der Waals surface area contributed by atoms with Crippen LogP contribution in [0.5, 0.6) is 5.75 Å². The predicted molar refractivity (Wildman–Crippen MR) is 91.6 cm³/mol. The SMILES string of the molecule is CC(Oc1cccc(C(C)(C)C)c1)C(=O)N1CCC(CO)CC1. The molecule has 2 rings (SSSR count). The van der Waals surface area contributed by atoms with Crippen molar-refractivity contribution in [3.63, 3.8) is 0 Å². The standard InChI is InChI=1S/C19H29NO3/c1-14(18(22)20-10-8-15(13-21)9-11-20)23-17-7-5-6-16(12-17)19(2,3)4/h5-7,12,14-15,21H,8-11,13H2,1-4H3. The van der Waals surface area contributed by atoms with Crippen molar-refractivity contribution >= 4 is 5.91 Å². The van der Waals surface area contributed by atoms with Gasteiger partial charge < -0.3 is 14.7 Å². The van der Waals surface area contributed by atoms with Gasteiger partial charge in [0, 0.05) is 19.7 Å². The number of likely N-dealkylation sites (tertiary alicyclic amines) is 1. The van der Waals surface area contributed by atoms with E-state index in [4.69, 9.17) is 4.74 Å². The molecule has 1 aromatic carbocycles. The first-order valence-corrected chi connectivity index (χ1v) is 8.48. The molecule has 1 amide bonds. The molecule has 0 spiro atoms. The van der Waals surface area contributed by atoms with Crippen molar-refractivity contribution in [3.05, 3.63) is 29.8 Å². The number of hydrogen-bond donors (Lipinski definition) is 1. The van der Waals surface area contributed by atoms with Gasteiger partial charge in [-0.05, 0) is 48.8 Å². The van der Waals surface area contributed by atoms with Gasteiger partial charge in [0.05, 0.1) is 0 Å². The van der Waals surface area contributed by atoms with Crippen LogP contribution in [0.3, 0.4) is 0 Å². The van der Waals surface area contributed by atoms with E-state index in [0.29, 0.717) is 19.0 Å². The fourth-order valence-corrected chi connectivity index (χ4v) is 2.88. The molecular weight excluding hydrogens is 290 g/mol. The third-order valence-corrected chi connectivity index (χ3v) is 4.55. The molecule has 1 N–H and O–H groups in total. The summed E-state index contributed by atoms with van der Waals surface area (Å²) in [5, 5.41) is 9.18. The molecule has 1 aliphatic rings. The molecule has 1 aliphatic heterocycles. The van der Waals surface area contributed by atoms with E-state index in [2.05, 4.69) is 26.8 Å². The summed E-state index contributed by atoms with van der Waals surface area (Å²) in [6.07, 6.45) is 1.25. The molecule has 1 aromatic rings. The van der Waals surface area contributed by atoms with Gasteiger partial charge in [0.1, 0.15) is 5.75 Å². The zero-order valence-corrected chi connectivity index (χ0v) is 14.7. The van der Waals surface area contributed by atoms with Crippen molar-refractivity contribution in [2.24, 2.45) is 5.92 Å². The molecule has 1 saturated heterocycles. The third kappa shape index (κ3) is 4.71. The van der Waals surface area contributed by atoms with E-state index >= 15 is 0 Å². The minimum atomic E-state index is -0.490. The molecule has 0 aliphatic carbocycles. The highest BCUT2D eigenvalue weighted by Gasteiger charge is 2.27. The summed E-state index contributed by atoms with van der Waals surface area (Å²) in [7, 11) is 0. The monoisotopic (exact) mass is 319 g/mol. The van der Waals surface area contributed by atoms with Crippen molar-refractivity contribution < 1.29 is 14.6 Å². The van der Waals surface area contributed by atoms with Crippen LogP contribution in [-0.2, 0) is 10.2 Å². The highest BCUT2D eigenvalue weighted by atomic mass is 16.5. The molecule has 1 heterocycles. The Morgan fingerprint density at radius 3 is 2.57 bits per heavy atom. The van der Waals surface area contributed by atoms with Gasteiger partial charge >= 0.3 is 0 Å². The first-order chi connectivity index (χ1) is 10.8. The zero-order chi connectivity index (χ0) is 17.0. The topological polar surface area (TPSA) is 49.8 Å². The third-order valence-electron chi connectivity index (χ3n) is 4.55. The van der Waals surface area contributed by atoms with Crippen LogP contribution in [0.2, 0.25) is 0 Å². The van der Waals surface area contributed by atoms with Crippen LogP contribution in [0, 0.1) is 5.92 Å². The second kappa shape index (κ2) is 7.35. The minimum Gasteiger partial charge on any atom is -0.481 e. The van der Waals surface area contributed by atoms with Crippen molar-refractivity contribution in [3.8, 4) is 5.75 Å². The van der Waals surface area contributed by atoms with E-state index in [9.17, 15) is 9.90 Å². The molecule has 0 saturated carbocycles. The molecular formula is C19H29NO3. The normalized spacial score (nSPS) is 17.9. The Kier molecular flexibility index (Phi) is 5.69. The molecule has 1 unspecified atom stereocenters. The van der Waals surface area contributed by atoms with Crippen LogP contribution in [0.4, 0.5) is 0 Å². The highest BCUT2D eigenvalue weighted by molar-refractivity contribution is 5.81. The fourth-order valence-electron chi connectivity index (χ4n) is 2.88. The lowest BCUT2D eigenvalue weighted by molar-refractivity contribution is -0.139. The van der Waals surface area contributed by atoms with E-state index in [0.717, 1.165) is 18.6 Å². The Morgan fingerprint density at radius 1 is 1.35 bits per heavy atom. The maximum absolute atomic E-state index is 12.5. The molecule has 4 nitrogen and oxygen atoms in total. The first-order valence-electron chi connectivity index (χ1n) is 8.48. The molecule has 0 radical (unpaired) electrons. The molecule has 0 bridgehead atoms. The Morgan fingerprint density at radius 2 is 2.00 bits per heavy atom. The van der Waals surface area contributed by atoms with Crippen molar-refractivity contribution in [1.29, 1.82) is 0 Å². The van der Waals surface area contributed by atoms with Crippen LogP contribution in [0.1, 0.15) is 46.1 Å². The van der Waals surface area contributed by atoms with Crippen molar-refractivity contribution in [2.45, 2.75) is 52.1 Å². The summed E-state index contributed by atoms with van der Waals surface area (Å²) < 4.78 is 5.88. The number of carbonyl (C=O) groups is 1. The summed E-state index contributed by atoms with van der Waals surface area (Å²) >= 11 is 0. The number of amides is 1. The fraction of sp³-hybridized carbons (Fsp3) is 0.632. The Labute approximate surface area is 139 Å². The van der Waals surface area contributed by atoms with Crippen LogP contribution >= 0.6 is 0 Å². The van der Waals surface area contributed by atoms with E-state index in [1.807, 2.05) is 30.0 Å². The largest absolute Gasteiger partial charge is 0.481 e. The van der Waals surface area contributed by atoms with Gasteiger partial charge in [-0.15, -0.1) is 0 Å². The lowest BCUT2D eigenvalue weighted by atomic mass is 9.87. The number of hydrogen-bond acceptors (Lipinski definition) is 3. The number of nitrogens with zero attached hydrogens (tertiary/aromatic N) is 1. The van der Waals surface area contributed by atoms with Gasteiger partial charge in [-0.1, -0.05) is 32.9 Å². The number of carbonyl (C=O) groups excluding carboxylic acids is 1. The van der Waals surface area contributed by atoms with Crippen LogP contribution in [0.15, 0.2) is 24.3 Å². The Bertz CT molecular complexity index is 528. The number of aliphatic hydroxyl groups excluding tert-OH is 1. The van der Waals surface area contributed by atoms with Gasteiger partial charge in [-0.2, -0.15) is 0 Å². The second-order valence-electron chi connectivity index (χ2n) is 7.49. The zero-order valence-electron chi connectivity index (χ0n) is 14.7. The number of rotatable bonds is 4. The van der Waals surface area contributed by atoms with Crippen molar-refractivity contribution in [2.75, 3.05) is 19.7 Å². The maximum atomic E-state index is 12.5. The lowest BCUT2D eigenvalue weighted by Crippen LogP contribution is -2.45. The summed E-state index contributed by atoms with van der Waals surface area (Å²) in [5.74, 6) is 1.10. The number of piperidine rings is 1. The highest BCUT2D eigenvalue weighted by Crippen LogP contribution is 2.26. The van der Waals surface area contributed by atoms with Gasteiger partial charge in [0.2, 0.25) is 0 Å². The van der Waals surface area contributed by atoms with Gasteiger partial charge in [0.15, 0.2) is 6.10 Å². The number of aliphatic hydroxyl groups is 1. The van der Waals surface area contributed by atoms with E-state index in [-0.39, 0.29) is 17.9 Å². The molecule has 23 heavy (non-hydrogen) atoms. The Balaban J connectivity index is 1.96. The van der Waals surface area contributed by atoms with E-state index in [1.54, 1.807) is 0 Å². The Hall–Kier alpha value is -1.55. The van der Waals surface area contributed by atoms with Gasteiger partial charge in [-0.25, -0.2) is 0 Å². The smallest absolute Gasteiger partial charge is 0.263 e. The molecule has 4 heteroatoms. The van der Waals surface area contributed by atoms with E-state index in [1.165, 1.54) is 5.56 Å². The van der Waals surface area contributed by atoms with Gasteiger partial charge in [-0.3, -0.25) is 4.79 Å². The van der Waals surface area contributed by atoms with Gasteiger partial charge in [0.25, 0.3) is 5.91 Å². The van der Waals surface area contributed by atoms with Crippen LogP contribution in [-0.4, -0.2) is 41.7 Å². The summed E-state index contributed by atoms with van der Waals surface area (Å²) in [4.78, 5) is 14.4. The first kappa shape index (κ1) is 17.8.